The van der Waals surface area contributed by atoms with E-state index in [1.54, 1.807) is 24.3 Å². The van der Waals surface area contributed by atoms with E-state index in [4.69, 9.17) is 0 Å². The van der Waals surface area contributed by atoms with Crippen LogP contribution in [0.15, 0.2) is 66.7 Å². The van der Waals surface area contributed by atoms with Gasteiger partial charge in [-0.2, -0.15) is 0 Å². The molecule has 0 fully saturated rings. The molecule has 4 N–H and O–H groups in total. The third-order valence-corrected chi connectivity index (χ3v) is 4.46. The molecule has 27 heavy (non-hydrogen) atoms. The maximum absolute atomic E-state index is 12.3. The van der Waals surface area contributed by atoms with Crippen LogP contribution in [0.25, 0.3) is 10.8 Å². The van der Waals surface area contributed by atoms with Crippen LogP contribution in [0.3, 0.4) is 0 Å². The third kappa shape index (κ3) is 4.92. The van der Waals surface area contributed by atoms with Crippen molar-refractivity contribution in [2.24, 2.45) is 0 Å². The summed E-state index contributed by atoms with van der Waals surface area (Å²) in [4.78, 5) is 23.3. The van der Waals surface area contributed by atoms with Gasteiger partial charge in [-0.25, -0.2) is 0 Å². The fourth-order valence-electron chi connectivity index (χ4n) is 3.11. The Morgan fingerprint density at radius 1 is 0.889 bits per heavy atom. The Balaban J connectivity index is 1.57. The van der Waals surface area contributed by atoms with Crippen LogP contribution in [-0.4, -0.2) is 18.4 Å². The van der Waals surface area contributed by atoms with Crippen molar-refractivity contribution in [3.05, 3.63) is 72.3 Å². The number of hydrogen-bond donors (Lipinski definition) is 3. The van der Waals surface area contributed by atoms with Crippen LogP contribution in [0.2, 0.25) is 0 Å². The van der Waals surface area contributed by atoms with E-state index in [9.17, 15) is 9.59 Å². The number of anilines is 2. The molecule has 2 amide bonds. The van der Waals surface area contributed by atoms with E-state index in [1.807, 2.05) is 17.4 Å². The van der Waals surface area contributed by atoms with Crippen molar-refractivity contribution >= 4 is 34.0 Å². The second-order valence-electron chi connectivity index (χ2n) is 6.60. The van der Waals surface area contributed by atoms with Crippen molar-refractivity contribution < 1.29 is 14.9 Å². The number of benzene rings is 3. The number of fused-ring (bicyclic) bond motifs is 1. The monoisotopic (exact) mass is 362 g/mol. The van der Waals surface area contributed by atoms with Crippen LogP contribution in [0, 0.1) is 0 Å². The summed E-state index contributed by atoms with van der Waals surface area (Å²) in [7, 11) is 0. The van der Waals surface area contributed by atoms with Gasteiger partial charge in [-0.3, -0.25) is 9.59 Å². The van der Waals surface area contributed by atoms with Gasteiger partial charge in [0.15, 0.2) is 6.54 Å². The summed E-state index contributed by atoms with van der Waals surface area (Å²) >= 11 is 0. The van der Waals surface area contributed by atoms with Crippen LogP contribution in [0.5, 0.6) is 0 Å². The summed E-state index contributed by atoms with van der Waals surface area (Å²) in [5.74, 6) is -0.182. The largest absolute Gasteiger partial charge is 0.332 e. The Bertz CT molecular complexity index is 946. The fourth-order valence-corrected chi connectivity index (χ4v) is 3.11. The second kappa shape index (κ2) is 8.47. The third-order valence-electron chi connectivity index (χ3n) is 4.46. The minimum atomic E-state index is -0.121. The number of nitrogens with two attached hydrogens (primary N) is 1. The molecular formula is C22H24N3O2+. The highest BCUT2D eigenvalue weighted by atomic mass is 16.2. The van der Waals surface area contributed by atoms with Gasteiger partial charge in [-0.1, -0.05) is 42.5 Å². The lowest BCUT2D eigenvalue weighted by molar-refractivity contribution is -0.682. The minimum absolute atomic E-state index is 0.0608. The molecular weight excluding hydrogens is 338 g/mol. The molecule has 3 aromatic rings. The zero-order chi connectivity index (χ0) is 19.2. The van der Waals surface area contributed by atoms with Crippen molar-refractivity contribution in [3.63, 3.8) is 0 Å². The molecule has 0 aliphatic heterocycles. The van der Waals surface area contributed by atoms with Crippen LogP contribution in [-0.2, 0) is 9.59 Å². The molecule has 0 aromatic heterocycles. The smallest absolute Gasteiger partial charge is 0.279 e. The maximum Gasteiger partial charge on any atom is 0.279 e. The Labute approximate surface area is 158 Å². The molecule has 1 atom stereocenters. The molecule has 0 heterocycles. The molecule has 0 spiro atoms. The predicted molar refractivity (Wildman–Crippen MR) is 109 cm³/mol. The molecule has 0 aliphatic rings. The number of carbonyl (C=O) groups is 2. The Morgan fingerprint density at radius 2 is 1.52 bits per heavy atom. The maximum atomic E-state index is 12.3. The van der Waals surface area contributed by atoms with Gasteiger partial charge in [0.25, 0.3) is 5.91 Å². The number of carbonyl (C=O) groups excluding carboxylic acids is 2. The van der Waals surface area contributed by atoms with E-state index in [2.05, 4.69) is 47.9 Å². The summed E-state index contributed by atoms with van der Waals surface area (Å²) in [6, 6.07) is 21.8. The molecule has 0 saturated carbocycles. The van der Waals surface area contributed by atoms with E-state index in [-0.39, 0.29) is 17.9 Å². The number of nitrogens with one attached hydrogen (secondary N) is 2. The Hall–Kier alpha value is -3.18. The van der Waals surface area contributed by atoms with Crippen molar-refractivity contribution in [2.75, 3.05) is 17.2 Å². The molecule has 3 rings (SSSR count). The van der Waals surface area contributed by atoms with Crippen molar-refractivity contribution in [1.29, 1.82) is 0 Å². The standard InChI is InChI=1S/C22H23N3O2/c1-15(20-9-5-7-17-6-3-4-8-21(17)20)23-14-22(27)25-19-12-10-18(11-13-19)24-16(2)26/h3-13,15,23H,14H2,1-2H3,(H,24,26)(H,25,27)/p+1/t15-/m0/s1. The van der Waals surface area contributed by atoms with E-state index >= 15 is 0 Å². The summed E-state index contributed by atoms with van der Waals surface area (Å²) in [5.41, 5.74) is 2.64. The number of quaternary nitrogens is 1. The van der Waals surface area contributed by atoms with Crippen molar-refractivity contribution in [1.82, 2.24) is 0 Å². The molecule has 3 aromatic carbocycles. The predicted octanol–water partition coefficient (Wildman–Crippen LogP) is 3.06. The SMILES string of the molecule is CC(=O)Nc1ccc(NC(=O)C[NH2+][C@@H](C)c2cccc3ccccc23)cc1. The molecule has 0 bridgehead atoms. The van der Waals surface area contributed by atoms with E-state index in [1.165, 1.54) is 23.3 Å². The minimum Gasteiger partial charge on any atom is -0.332 e. The second-order valence-corrected chi connectivity index (χ2v) is 6.60. The van der Waals surface area contributed by atoms with Gasteiger partial charge in [0, 0.05) is 23.9 Å². The van der Waals surface area contributed by atoms with Crippen LogP contribution in [0.4, 0.5) is 11.4 Å². The average Bonchev–Trinajstić information content (AvgIpc) is 2.67. The average molecular weight is 362 g/mol. The van der Waals surface area contributed by atoms with Crippen LogP contribution < -0.4 is 16.0 Å². The number of rotatable bonds is 6. The highest BCUT2D eigenvalue weighted by Crippen LogP contribution is 2.22. The van der Waals surface area contributed by atoms with E-state index < -0.39 is 0 Å². The summed E-state index contributed by atoms with van der Waals surface area (Å²) in [6.07, 6.45) is 0. The fraction of sp³-hybridized carbons (Fsp3) is 0.182. The van der Waals surface area contributed by atoms with Gasteiger partial charge in [-0.15, -0.1) is 0 Å². The lowest BCUT2D eigenvalue weighted by Crippen LogP contribution is -2.86. The molecule has 0 aliphatic carbocycles. The van der Waals surface area contributed by atoms with E-state index in [0.29, 0.717) is 17.9 Å². The van der Waals surface area contributed by atoms with Crippen molar-refractivity contribution in [2.45, 2.75) is 19.9 Å². The topological polar surface area (TPSA) is 74.8 Å². The lowest BCUT2D eigenvalue weighted by atomic mass is 10.00. The highest BCUT2D eigenvalue weighted by Gasteiger charge is 2.14. The molecule has 0 radical (unpaired) electrons. The molecule has 5 nitrogen and oxygen atoms in total. The van der Waals surface area contributed by atoms with Gasteiger partial charge < -0.3 is 16.0 Å². The van der Waals surface area contributed by atoms with Gasteiger partial charge in [0.05, 0.1) is 0 Å². The first kappa shape index (κ1) is 18.6. The van der Waals surface area contributed by atoms with Crippen molar-refractivity contribution in [3.8, 4) is 0 Å². The van der Waals surface area contributed by atoms with Gasteiger partial charge in [-0.05, 0) is 42.0 Å². The normalized spacial score (nSPS) is 11.8. The van der Waals surface area contributed by atoms with Gasteiger partial charge in [0.1, 0.15) is 6.04 Å². The molecule has 138 valence electrons. The van der Waals surface area contributed by atoms with Gasteiger partial charge >= 0.3 is 0 Å². The van der Waals surface area contributed by atoms with Crippen LogP contribution in [0.1, 0.15) is 25.5 Å². The summed E-state index contributed by atoms with van der Waals surface area (Å²) < 4.78 is 0. The first-order valence-corrected chi connectivity index (χ1v) is 9.01. The summed E-state index contributed by atoms with van der Waals surface area (Å²) in [5, 5.41) is 10.0. The molecule has 0 unspecified atom stereocenters. The molecule has 0 saturated heterocycles. The zero-order valence-electron chi connectivity index (χ0n) is 15.5. The van der Waals surface area contributed by atoms with E-state index in [0.717, 1.165) is 0 Å². The quantitative estimate of drug-likeness (QED) is 0.630. The highest BCUT2D eigenvalue weighted by molar-refractivity contribution is 5.92. The first-order chi connectivity index (χ1) is 13.0. The Kier molecular flexibility index (Phi) is 5.84. The molecule has 5 heteroatoms. The number of amides is 2. The van der Waals surface area contributed by atoms with Gasteiger partial charge in [0.2, 0.25) is 5.91 Å². The first-order valence-electron chi connectivity index (χ1n) is 9.01. The number of hydrogen-bond acceptors (Lipinski definition) is 2. The lowest BCUT2D eigenvalue weighted by Gasteiger charge is -2.14. The Morgan fingerprint density at radius 3 is 2.22 bits per heavy atom. The zero-order valence-corrected chi connectivity index (χ0v) is 15.5. The summed E-state index contributed by atoms with van der Waals surface area (Å²) in [6.45, 7) is 3.90. The van der Waals surface area contributed by atoms with Crippen LogP contribution >= 0.6 is 0 Å².